The molecule has 6 heteroatoms. The van der Waals surface area contributed by atoms with E-state index in [1.807, 2.05) is 0 Å². The van der Waals surface area contributed by atoms with Crippen LogP contribution in [0.1, 0.15) is 11.9 Å². The minimum absolute atomic E-state index is 0.0434. The van der Waals surface area contributed by atoms with E-state index in [1.54, 1.807) is 6.07 Å². The van der Waals surface area contributed by atoms with Gasteiger partial charge >= 0.3 is 0 Å². The number of hydrogen-bond acceptors (Lipinski definition) is 4. The SMILES string of the molecule is C[N+]1(C)CC1c1nc2cc([N+](=O)[O-])ccc2o1. The second-order valence-corrected chi connectivity index (χ2v) is 4.94. The molecule has 0 N–H and O–H groups in total. The maximum absolute atomic E-state index is 10.6. The first-order chi connectivity index (χ1) is 7.97. The van der Waals surface area contributed by atoms with E-state index in [0.717, 1.165) is 11.0 Å². The van der Waals surface area contributed by atoms with Crippen LogP contribution in [-0.2, 0) is 0 Å². The fourth-order valence-corrected chi connectivity index (χ4v) is 1.97. The predicted molar refractivity (Wildman–Crippen MR) is 60.4 cm³/mol. The number of nitro groups is 1. The number of rotatable bonds is 2. The maximum atomic E-state index is 10.6. The smallest absolute Gasteiger partial charge is 0.271 e. The number of hydrogen-bond donors (Lipinski definition) is 0. The number of fused-ring (bicyclic) bond motifs is 1. The lowest BCUT2D eigenvalue weighted by molar-refractivity contribution is -0.773. The van der Waals surface area contributed by atoms with Gasteiger partial charge in [0.2, 0.25) is 6.04 Å². The lowest BCUT2D eigenvalue weighted by atomic mass is 10.3. The van der Waals surface area contributed by atoms with Crippen LogP contribution in [0.15, 0.2) is 22.6 Å². The van der Waals surface area contributed by atoms with Crippen molar-refractivity contribution in [2.45, 2.75) is 6.04 Å². The summed E-state index contributed by atoms with van der Waals surface area (Å²) in [7, 11) is 4.20. The molecule has 6 nitrogen and oxygen atoms in total. The van der Waals surface area contributed by atoms with E-state index in [9.17, 15) is 10.1 Å². The first-order valence-electron chi connectivity index (χ1n) is 5.35. The number of aromatic nitrogens is 1. The lowest BCUT2D eigenvalue weighted by Crippen LogP contribution is -2.12. The van der Waals surface area contributed by atoms with Crippen molar-refractivity contribution in [2.24, 2.45) is 0 Å². The van der Waals surface area contributed by atoms with Crippen molar-refractivity contribution in [3.8, 4) is 0 Å². The van der Waals surface area contributed by atoms with Gasteiger partial charge in [-0.05, 0) is 6.07 Å². The molecular weight excluding hydrogens is 222 g/mol. The zero-order valence-corrected chi connectivity index (χ0v) is 9.58. The van der Waals surface area contributed by atoms with E-state index in [2.05, 4.69) is 19.1 Å². The van der Waals surface area contributed by atoms with Crippen molar-refractivity contribution >= 4 is 16.8 Å². The topological polar surface area (TPSA) is 69.2 Å². The summed E-state index contributed by atoms with van der Waals surface area (Å²) in [5, 5.41) is 10.6. The Bertz CT molecular complexity index is 617. The summed E-state index contributed by atoms with van der Waals surface area (Å²) in [6, 6.07) is 4.77. The quantitative estimate of drug-likeness (QED) is 0.344. The third-order valence-electron chi connectivity index (χ3n) is 3.24. The van der Waals surface area contributed by atoms with Crippen molar-refractivity contribution in [3.05, 3.63) is 34.2 Å². The zero-order chi connectivity index (χ0) is 12.2. The van der Waals surface area contributed by atoms with Gasteiger partial charge in [0.15, 0.2) is 5.58 Å². The standard InChI is InChI=1S/C11H12N3O3/c1-14(2)6-9(14)11-12-8-5-7(13(15)16)3-4-10(8)17-11/h3-5,9H,6H2,1-2H3/q+1. The number of oxazole rings is 1. The molecule has 0 amide bonds. The van der Waals surface area contributed by atoms with Crippen LogP contribution in [0.25, 0.3) is 11.1 Å². The average Bonchev–Trinajstić information content (AvgIpc) is 2.74. The van der Waals surface area contributed by atoms with Crippen molar-refractivity contribution in [2.75, 3.05) is 20.6 Å². The molecule has 17 heavy (non-hydrogen) atoms. The molecule has 0 saturated carbocycles. The third kappa shape index (κ3) is 1.57. The third-order valence-corrected chi connectivity index (χ3v) is 3.24. The summed E-state index contributed by atoms with van der Waals surface area (Å²) >= 11 is 0. The Kier molecular flexibility index (Phi) is 1.83. The van der Waals surface area contributed by atoms with E-state index in [4.69, 9.17) is 4.42 Å². The molecule has 0 bridgehead atoms. The van der Waals surface area contributed by atoms with Gasteiger partial charge in [-0.25, -0.2) is 4.98 Å². The minimum Gasteiger partial charge on any atom is -0.435 e. The number of quaternary nitrogens is 1. The molecule has 1 aromatic heterocycles. The van der Waals surface area contributed by atoms with Gasteiger partial charge in [-0.15, -0.1) is 0 Å². The molecule has 0 aliphatic carbocycles. The molecule has 1 aliphatic heterocycles. The van der Waals surface area contributed by atoms with E-state index < -0.39 is 4.92 Å². The summed E-state index contributed by atoms with van der Waals surface area (Å²) in [6.07, 6.45) is 0. The molecule has 88 valence electrons. The van der Waals surface area contributed by atoms with Crippen molar-refractivity contribution in [1.82, 2.24) is 4.98 Å². The Balaban J connectivity index is 2.05. The first-order valence-corrected chi connectivity index (χ1v) is 5.35. The molecule has 1 aromatic carbocycles. The second-order valence-electron chi connectivity index (χ2n) is 4.94. The summed E-state index contributed by atoms with van der Waals surface area (Å²) in [5.74, 6) is 0.672. The molecule has 0 radical (unpaired) electrons. The first kappa shape index (κ1) is 10.2. The summed E-state index contributed by atoms with van der Waals surface area (Å²) in [6.45, 7) is 0.995. The highest BCUT2D eigenvalue weighted by Gasteiger charge is 2.52. The summed E-state index contributed by atoms with van der Waals surface area (Å²) in [4.78, 5) is 14.5. The van der Waals surface area contributed by atoms with Crippen LogP contribution < -0.4 is 0 Å². The molecular formula is C11H12N3O3+. The molecule has 1 unspecified atom stereocenters. The van der Waals surface area contributed by atoms with E-state index >= 15 is 0 Å². The highest BCUT2D eigenvalue weighted by Crippen LogP contribution is 2.40. The van der Waals surface area contributed by atoms with Gasteiger partial charge in [0, 0.05) is 12.1 Å². The fourth-order valence-electron chi connectivity index (χ4n) is 1.97. The highest BCUT2D eigenvalue weighted by atomic mass is 16.6. The molecule has 1 aliphatic rings. The van der Waals surface area contributed by atoms with Gasteiger partial charge in [0.1, 0.15) is 12.1 Å². The second kappa shape index (κ2) is 3.04. The summed E-state index contributed by atoms with van der Waals surface area (Å²) in [5.41, 5.74) is 1.21. The predicted octanol–water partition coefficient (Wildman–Crippen LogP) is 1.87. The Hall–Kier alpha value is -1.95. The monoisotopic (exact) mass is 234 g/mol. The van der Waals surface area contributed by atoms with Gasteiger partial charge in [0.05, 0.1) is 19.0 Å². The van der Waals surface area contributed by atoms with Crippen LogP contribution >= 0.6 is 0 Å². The van der Waals surface area contributed by atoms with Gasteiger partial charge < -0.3 is 8.90 Å². The summed E-state index contributed by atoms with van der Waals surface area (Å²) < 4.78 is 6.47. The highest BCUT2D eigenvalue weighted by molar-refractivity contribution is 5.75. The number of benzene rings is 1. The van der Waals surface area contributed by atoms with E-state index in [-0.39, 0.29) is 11.7 Å². The zero-order valence-electron chi connectivity index (χ0n) is 9.58. The van der Waals surface area contributed by atoms with E-state index in [0.29, 0.717) is 17.0 Å². The number of non-ortho nitro benzene ring substituents is 1. The van der Waals surface area contributed by atoms with Crippen molar-refractivity contribution < 1.29 is 13.8 Å². The molecule has 1 fully saturated rings. The largest absolute Gasteiger partial charge is 0.435 e. The lowest BCUT2D eigenvalue weighted by Gasteiger charge is -2.01. The maximum Gasteiger partial charge on any atom is 0.271 e. The van der Waals surface area contributed by atoms with Gasteiger partial charge in [-0.2, -0.15) is 0 Å². The minimum atomic E-state index is -0.426. The number of nitrogens with zero attached hydrogens (tertiary/aromatic N) is 3. The van der Waals surface area contributed by atoms with Crippen LogP contribution in [-0.4, -0.2) is 35.0 Å². The Morgan fingerprint density at radius 3 is 2.82 bits per heavy atom. The molecule has 1 atom stereocenters. The van der Waals surface area contributed by atoms with Crippen LogP contribution in [0.4, 0.5) is 5.69 Å². The molecule has 2 heterocycles. The Morgan fingerprint density at radius 1 is 1.53 bits per heavy atom. The van der Waals surface area contributed by atoms with Crippen LogP contribution in [0.2, 0.25) is 0 Å². The molecule has 2 aromatic rings. The fraction of sp³-hybridized carbons (Fsp3) is 0.364. The van der Waals surface area contributed by atoms with Gasteiger partial charge in [-0.3, -0.25) is 10.1 Å². The normalized spacial score (nSPS) is 21.6. The van der Waals surface area contributed by atoms with Crippen molar-refractivity contribution in [3.63, 3.8) is 0 Å². The number of likely N-dealkylation sites (N-methyl/N-ethyl adjacent to an activating group) is 1. The Morgan fingerprint density at radius 2 is 2.24 bits per heavy atom. The van der Waals surface area contributed by atoms with Crippen LogP contribution in [0.5, 0.6) is 0 Å². The number of nitro benzene ring substituents is 1. The van der Waals surface area contributed by atoms with Crippen LogP contribution in [0, 0.1) is 10.1 Å². The molecule has 1 saturated heterocycles. The molecule has 3 rings (SSSR count). The average molecular weight is 234 g/mol. The van der Waals surface area contributed by atoms with Crippen molar-refractivity contribution in [1.29, 1.82) is 0 Å². The van der Waals surface area contributed by atoms with E-state index in [1.165, 1.54) is 12.1 Å². The molecule has 0 spiro atoms. The Labute approximate surface area is 97.2 Å². The van der Waals surface area contributed by atoms with Crippen LogP contribution in [0.3, 0.4) is 0 Å². The van der Waals surface area contributed by atoms with Gasteiger partial charge in [0.25, 0.3) is 11.6 Å². The van der Waals surface area contributed by atoms with Gasteiger partial charge in [-0.1, -0.05) is 0 Å².